The van der Waals surface area contributed by atoms with Gasteiger partial charge in [0.15, 0.2) is 5.03 Å². The molecular formula is C12H10BrN3O4S. The van der Waals surface area contributed by atoms with E-state index in [-0.39, 0.29) is 10.6 Å². The van der Waals surface area contributed by atoms with Gasteiger partial charge in [-0.2, -0.15) is 8.42 Å². The number of carboxylic acid groups (broad SMARTS) is 1. The summed E-state index contributed by atoms with van der Waals surface area (Å²) in [5.41, 5.74) is 0.729. The summed E-state index contributed by atoms with van der Waals surface area (Å²) in [6.07, 6.45) is 0.990. The molecule has 2 aromatic heterocycles. The summed E-state index contributed by atoms with van der Waals surface area (Å²) in [4.78, 5) is 18.4. The second kappa shape index (κ2) is 5.78. The Bertz CT molecular complexity index is 791. The minimum absolute atomic E-state index is 0.0876. The lowest BCUT2D eigenvalue weighted by molar-refractivity contribution is 0.0696. The number of aryl methyl sites for hydroxylation is 1. The molecule has 0 atom stereocenters. The van der Waals surface area contributed by atoms with Gasteiger partial charge in [-0.15, -0.1) is 0 Å². The van der Waals surface area contributed by atoms with E-state index in [4.69, 9.17) is 5.11 Å². The third-order valence-electron chi connectivity index (χ3n) is 2.55. The maximum absolute atomic E-state index is 12.2. The standard InChI is InChI=1S/C12H10BrN3O4S/c1-7-9(3-4-10(13)15-7)16-21(19,20)11-5-2-8(6-14-11)12(17)18/h2-6,16H,1H3,(H,17,18). The largest absolute Gasteiger partial charge is 0.478 e. The number of aromatic nitrogens is 2. The Labute approximate surface area is 129 Å². The quantitative estimate of drug-likeness (QED) is 0.795. The fourth-order valence-electron chi connectivity index (χ4n) is 1.50. The number of nitrogens with one attached hydrogen (secondary N) is 1. The van der Waals surface area contributed by atoms with E-state index >= 15 is 0 Å². The second-order valence-corrected chi connectivity index (χ2v) is 6.50. The van der Waals surface area contributed by atoms with E-state index in [9.17, 15) is 13.2 Å². The predicted molar refractivity (Wildman–Crippen MR) is 78.7 cm³/mol. The molecule has 2 N–H and O–H groups in total. The molecule has 9 heteroatoms. The predicted octanol–water partition coefficient (Wildman–Crippen LogP) is 2.05. The number of sulfonamides is 1. The van der Waals surface area contributed by atoms with Crippen molar-refractivity contribution in [3.05, 3.63) is 46.3 Å². The van der Waals surface area contributed by atoms with Crippen LogP contribution in [0.1, 0.15) is 16.1 Å². The van der Waals surface area contributed by atoms with Crippen molar-refractivity contribution in [1.82, 2.24) is 9.97 Å². The fraction of sp³-hybridized carbons (Fsp3) is 0.0833. The molecule has 21 heavy (non-hydrogen) atoms. The van der Waals surface area contributed by atoms with Crippen LogP contribution in [0.25, 0.3) is 0 Å². The van der Waals surface area contributed by atoms with E-state index in [1.165, 1.54) is 6.07 Å². The Morgan fingerprint density at radius 3 is 2.52 bits per heavy atom. The molecule has 0 radical (unpaired) electrons. The summed E-state index contributed by atoms with van der Waals surface area (Å²) in [7, 11) is -3.90. The van der Waals surface area contributed by atoms with Crippen LogP contribution in [0.2, 0.25) is 0 Å². The number of rotatable bonds is 4. The normalized spacial score (nSPS) is 11.1. The van der Waals surface area contributed by atoms with Gasteiger partial charge >= 0.3 is 5.97 Å². The van der Waals surface area contributed by atoms with Crippen LogP contribution in [0.4, 0.5) is 5.69 Å². The van der Waals surface area contributed by atoms with Crippen molar-refractivity contribution in [2.75, 3.05) is 4.72 Å². The molecule has 0 amide bonds. The maximum atomic E-state index is 12.2. The minimum atomic E-state index is -3.90. The van der Waals surface area contributed by atoms with Gasteiger partial charge in [0.1, 0.15) is 4.60 Å². The molecule has 2 aromatic rings. The third kappa shape index (κ3) is 3.56. The molecule has 7 nitrogen and oxygen atoms in total. The number of halogens is 1. The average molecular weight is 372 g/mol. The van der Waals surface area contributed by atoms with Crippen molar-refractivity contribution in [2.45, 2.75) is 11.9 Å². The highest BCUT2D eigenvalue weighted by Crippen LogP contribution is 2.19. The minimum Gasteiger partial charge on any atom is -0.478 e. The highest BCUT2D eigenvalue weighted by molar-refractivity contribution is 9.10. The molecule has 0 aliphatic heterocycles. The van der Waals surface area contributed by atoms with Gasteiger partial charge in [-0.1, -0.05) is 0 Å². The summed E-state index contributed by atoms with van der Waals surface area (Å²) < 4.78 is 27.3. The van der Waals surface area contributed by atoms with Crippen LogP contribution in [0.5, 0.6) is 0 Å². The first-order valence-corrected chi connectivity index (χ1v) is 7.92. The summed E-state index contributed by atoms with van der Waals surface area (Å²) in [6.45, 7) is 1.66. The zero-order valence-corrected chi connectivity index (χ0v) is 13.1. The Balaban J connectivity index is 2.31. The number of carbonyl (C=O) groups is 1. The lowest BCUT2D eigenvalue weighted by Gasteiger charge is -2.09. The Morgan fingerprint density at radius 1 is 1.29 bits per heavy atom. The van der Waals surface area contributed by atoms with Crippen LogP contribution in [0, 0.1) is 6.92 Å². The van der Waals surface area contributed by atoms with Crippen molar-refractivity contribution in [3.63, 3.8) is 0 Å². The third-order valence-corrected chi connectivity index (χ3v) is 4.28. The summed E-state index contributed by atoms with van der Waals surface area (Å²) in [6, 6.07) is 5.48. The molecule has 0 saturated heterocycles. The molecule has 0 aliphatic rings. The first-order valence-electron chi connectivity index (χ1n) is 5.65. The second-order valence-electron chi connectivity index (χ2n) is 4.06. The van der Waals surface area contributed by atoms with Crippen LogP contribution < -0.4 is 4.72 Å². The smallest absolute Gasteiger partial charge is 0.337 e. The Morgan fingerprint density at radius 2 is 2.00 bits per heavy atom. The van der Waals surface area contributed by atoms with E-state index in [1.807, 2.05) is 0 Å². The molecule has 0 aliphatic carbocycles. The van der Waals surface area contributed by atoms with Gasteiger partial charge in [-0.25, -0.2) is 14.8 Å². The molecule has 0 saturated carbocycles. The zero-order chi connectivity index (χ0) is 15.6. The maximum Gasteiger partial charge on any atom is 0.337 e. The van der Waals surface area contributed by atoms with E-state index < -0.39 is 16.0 Å². The number of aromatic carboxylic acids is 1. The Hall–Kier alpha value is -2.00. The molecule has 0 aromatic carbocycles. The van der Waals surface area contributed by atoms with Gasteiger partial charge < -0.3 is 5.11 Å². The van der Waals surface area contributed by atoms with Gasteiger partial charge in [0.05, 0.1) is 16.9 Å². The lowest BCUT2D eigenvalue weighted by Crippen LogP contribution is -2.16. The van der Waals surface area contributed by atoms with E-state index in [2.05, 4.69) is 30.6 Å². The molecule has 0 bridgehead atoms. The van der Waals surface area contributed by atoms with E-state index in [0.29, 0.717) is 16.0 Å². The number of nitrogens with zero attached hydrogens (tertiary/aromatic N) is 2. The monoisotopic (exact) mass is 371 g/mol. The number of hydrogen-bond acceptors (Lipinski definition) is 5. The number of carboxylic acids is 1. The highest BCUT2D eigenvalue weighted by Gasteiger charge is 2.18. The molecule has 2 heterocycles. The zero-order valence-electron chi connectivity index (χ0n) is 10.7. The fourth-order valence-corrected chi connectivity index (χ4v) is 2.95. The molecular weight excluding hydrogens is 362 g/mol. The number of pyridine rings is 2. The molecule has 2 rings (SSSR count). The van der Waals surface area contributed by atoms with Crippen LogP contribution in [-0.2, 0) is 10.0 Å². The van der Waals surface area contributed by atoms with Crippen LogP contribution in [-0.4, -0.2) is 29.5 Å². The van der Waals surface area contributed by atoms with Gasteiger partial charge in [0, 0.05) is 6.20 Å². The summed E-state index contributed by atoms with van der Waals surface area (Å²) in [5.74, 6) is -1.17. The molecule has 0 fully saturated rings. The SMILES string of the molecule is Cc1nc(Br)ccc1NS(=O)(=O)c1ccc(C(=O)O)cn1. The lowest BCUT2D eigenvalue weighted by atomic mass is 10.3. The van der Waals surface area contributed by atoms with Crippen molar-refractivity contribution in [2.24, 2.45) is 0 Å². The summed E-state index contributed by atoms with van der Waals surface area (Å²) >= 11 is 3.19. The first-order chi connectivity index (χ1) is 9.79. The van der Waals surface area contributed by atoms with Crippen molar-refractivity contribution in [3.8, 4) is 0 Å². The van der Waals surface area contributed by atoms with Gasteiger partial charge in [0.25, 0.3) is 10.0 Å². The highest BCUT2D eigenvalue weighted by atomic mass is 79.9. The van der Waals surface area contributed by atoms with Crippen LogP contribution in [0.15, 0.2) is 40.1 Å². The number of anilines is 1. The summed E-state index contributed by atoms with van der Waals surface area (Å²) in [5, 5.41) is 8.49. The van der Waals surface area contributed by atoms with E-state index in [0.717, 1.165) is 12.3 Å². The number of hydrogen-bond donors (Lipinski definition) is 2. The van der Waals surface area contributed by atoms with Gasteiger partial charge in [0.2, 0.25) is 0 Å². The molecule has 0 unspecified atom stereocenters. The van der Waals surface area contributed by atoms with E-state index in [1.54, 1.807) is 19.1 Å². The average Bonchev–Trinajstić information content (AvgIpc) is 2.42. The first kappa shape index (κ1) is 15.4. The van der Waals surface area contributed by atoms with Crippen molar-refractivity contribution in [1.29, 1.82) is 0 Å². The van der Waals surface area contributed by atoms with Gasteiger partial charge in [-0.05, 0) is 47.1 Å². The topological polar surface area (TPSA) is 109 Å². The Kier molecular flexibility index (Phi) is 4.24. The van der Waals surface area contributed by atoms with Crippen molar-refractivity contribution < 1.29 is 18.3 Å². The molecule has 110 valence electrons. The van der Waals surface area contributed by atoms with Gasteiger partial charge in [-0.3, -0.25) is 4.72 Å². The van der Waals surface area contributed by atoms with Crippen LogP contribution in [0.3, 0.4) is 0 Å². The van der Waals surface area contributed by atoms with Crippen molar-refractivity contribution >= 4 is 37.6 Å². The molecule has 0 spiro atoms. The van der Waals surface area contributed by atoms with Crippen LogP contribution >= 0.6 is 15.9 Å².